The minimum Gasteiger partial charge on any atom is -0.508 e. The van der Waals surface area contributed by atoms with Crippen molar-refractivity contribution in [1.82, 2.24) is 10.6 Å². The number of phenols is 1. The SMILES string of the molecule is CCNC(=NCc1ccc(O)cc1)NC(C)c1cccc(C(F)(F)F)c1.I. The van der Waals surface area contributed by atoms with Crippen molar-refractivity contribution in [3.8, 4) is 5.75 Å². The van der Waals surface area contributed by atoms with Crippen LogP contribution < -0.4 is 10.6 Å². The molecule has 1 atom stereocenters. The van der Waals surface area contributed by atoms with Crippen molar-refractivity contribution in [2.45, 2.75) is 32.6 Å². The lowest BCUT2D eigenvalue weighted by molar-refractivity contribution is -0.137. The van der Waals surface area contributed by atoms with E-state index in [-0.39, 0.29) is 35.8 Å². The average molecular weight is 493 g/mol. The molecule has 0 aliphatic carbocycles. The first-order chi connectivity index (χ1) is 12.3. The van der Waals surface area contributed by atoms with Crippen LogP contribution in [0.5, 0.6) is 5.75 Å². The fourth-order valence-electron chi connectivity index (χ4n) is 2.36. The van der Waals surface area contributed by atoms with Gasteiger partial charge in [-0.3, -0.25) is 0 Å². The molecule has 0 saturated carbocycles. The number of halogens is 4. The van der Waals surface area contributed by atoms with E-state index in [1.807, 2.05) is 6.92 Å². The third-order valence-corrected chi connectivity index (χ3v) is 3.77. The summed E-state index contributed by atoms with van der Waals surface area (Å²) >= 11 is 0. The molecular weight excluding hydrogens is 470 g/mol. The summed E-state index contributed by atoms with van der Waals surface area (Å²) in [7, 11) is 0. The predicted octanol–water partition coefficient (Wildman–Crippen LogP) is 4.85. The molecule has 0 amide bonds. The molecule has 8 heteroatoms. The van der Waals surface area contributed by atoms with Crippen molar-refractivity contribution in [3.63, 3.8) is 0 Å². The normalized spacial score (nSPS) is 12.9. The molecule has 2 aromatic rings. The fourth-order valence-corrected chi connectivity index (χ4v) is 2.36. The number of nitrogens with zero attached hydrogens (tertiary/aromatic N) is 1. The summed E-state index contributed by atoms with van der Waals surface area (Å²) in [4.78, 5) is 4.44. The first-order valence-corrected chi connectivity index (χ1v) is 8.29. The molecule has 3 N–H and O–H groups in total. The smallest absolute Gasteiger partial charge is 0.416 e. The standard InChI is InChI=1S/C19H22F3N3O.HI/c1-3-23-18(24-12-14-7-9-17(26)10-8-14)25-13(2)15-5-4-6-16(11-15)19(20,21)22;/h4-11,13,26H,3,12H2,1-2H3,(H2,23,24,25);1H. The molecule has 148 valence electrons. The summed E-state index contributed by atoms with van der Waals surface area (Å²) in [5, 5.41) is 15.5. The Morgan fingerprint density at radius 2 is 1.81 bits per heavy atom. The molecule has 0 saturated heterocycles. The van der Waals surface area contributed by atoms with Crippen LogP contribution in [-0.2, 0) is 12.7 Å². The van der Waals surface area contributed by atoms with Gasteiger partial charge in [-0.15, -0.1) is 24.0 Å². The molecule has 4 nitrogen and oxygen atoms in total. The Hall–Kier alpha value is -1.97. The minimum absolute atomic E-state index is 0. The van der Waals surface area contributed by atoms with Crippen LogP contribution in [0.1, 0.15) is 36.6 Å². The topological polar surface area (TPSA) is 56.7 Å². The zero-order chi connectivity index (χ0) is 19.2. The summed E-state index contributed by atoms with van der Waals surface area (Å²) in [6.45, 7) is 4.69. The highest BCUT2D eigenvalue weighted by molar-refractivity contribution is 14.0. The van der Waals surface area contributed by atoms with E-state index in [4.69, 9.17) is 0 Å². The predicted molar refractivity (Wildman–Crippen MR) is 111 cm³/mol. The second-order valence-electron chi connectivity index (χ2n) is 5.85. The maximum atomic E-state index is 12.9. The maximum absolute atomic E-state index is 12.9. The Morgan fingerprint density at radius 3 is 2.41 bits per heavy atom. The Balaban J connectivity index is 0.00000364. The highest BCUT2D eigenvalue weighted by Crippen LogP contribution is 2.30. The molecule has 0 heterocycles. The van der Waals surface area contributed by atoms with Gasteiger partial charge in [0.2, 0.25) is 0 Å². The molecule has 0 aromatic heterocycles. The largest absolute Gasteiger partial charge is 0.508 e. The van der Waals surface area contributed by atoms with Crippen LogP contribution in [0.15, 0.2) is 53.5 Å². The minimum atomic E-state index is -4.37. The van der Waals surface area contributed by atoms with E-state index < -0.39 is 11.7 Å². The van der Waals surface area contributed by atoms with E-state index in [1.54, 1.807) is 37.3 Å². The molecule has 27 heavy (non-hydrogen) atoms. The molecule has 0 spiro atoms. The third-order valence-electron chi connectivity index (χ3n) is 3.77. The number of hydrogen-bond donors (Lipinski definition) is 3. The summed E-state index contributed by atoms with van der Waals surface area (Å²) in [6.07, 6.45) is -4.37. The Labute approximate surface area is 173 Å². The van der Waals surface area contributed by atoms with E-state index in [0.717, 1.165) is 17.7 Å². The number of benzene rings is 2. The molecule has 0 fully saturated rings. The van der Waals surface area contributed by atoms with Gasteiger partial charge in [-0.05, 0) is 49.2 Å². The summed E-state index contributed by atoms with van der Waals surface area (Å²) in [5.74, 6) is 0.686. The van der Waals surface area contributed by atoms with Crippen LogP contribution in [0.25, 0.3) is 0 Å². The quantitative estimate of drug-likeness (QED) is 0.318. The van der Waals surface area contributed by atoms with Gasteiger partial charge in [0.1, 0.15) is 5.75 Å². The zero-order valence-electron chi connectivity index (χ0n) is 15.0. The third kappa shape index (κ3) is 7.28. The van der Waals surface area contributed by atoms with Gasteiger partial charge >= 0.3 is 6.18 Å². The van der Waals surface area contributed by atoms with Crippen LogP contribution in [-0.4, -0.2) is 17.6 Å². The van der Waals surface area contributed by atoms with E-state index in [9.17, 15) is 18.3 Å². The number of rotatable bonds is 5. The van der Waals surface area contributed by atoms with Crippen LogP contribution in [0.3, 0.4) is 0 Å². The van der Waals surface area contributed by atoms with Gasteiger partial charge in [0.05, 0.1) is 18.2 Å². The first-order valence-electron chi connectivity index (χ1n) is 8.29. The Morgan fingerprint density at radius 1 is 1.15 bits per heavy atom. The van der Waals surface area contributed by atoms with Crippen molar-refractivity contribution in [3.05, 3.63) is 65.2 Å². The maximum Gasteiger partial charge on any atom is 0.416 e. The van der Waals surface area contributed by atoms with Crippen molar-refractivity contribution >= 4 is 29.9 Å². The second kappa shape index (κ2) is 10.4. The van der Waals surface area contributed by atoms with Gasteiger partial charge in [0.25, 0.3) is 0 Å². The summed E-state index contributed by atoms with van der Waals surface area (Å²) in [6, 6.07) is 11.6. The number of hydrogen-bond acceptors (Lipinski definition) is 2. The molecule has 2 rings (SSSR count). The van der Waals surface area contributed by atoms with Crippen molar-refractivity contribution < 1.29 is 18.3 Å². The fraction of sp³-hybridized carbons (Fsp3) is 0.316. The van der Waals surface area contributed by atoms with Gasteiger partial charge in [0.15, 0.2) is 5.96 Å². The summed E-state index contributed by atoms with van der Waals surface area (Å²) < 4.78 is 38.6. The van der Waals surface area contributed by atoms with Crippen LogP contribution in [0.4, 0.5) is 13.2 Å². The molecule has 0 aliphatic rings. The number of nitrogens with one attached hydrogen (secondary N) is 2. The van der Waals surface area contributed by atoms with Crippen LogP contribution >= 0.6 is 24.0 Å². The van der Waals surface area contributed by atoms with E-state index >= 15 is 0 Å². The lowest BCUT2D eigenvalue weighted by Crippen LogP contribution is -2.38. The van der Waals surface area contributed by atoms with E-state index in [0.29, 0.717) is 24.6 Å². The van der Waals surface area contributed by atoms with Gasteiger partial charge in [-0.25, -0.2) is 4.99 Å². The number of aromatic hydroxyl groups is 1. The highest BCUT2D eigenvalue weighted by atomic mass is 127. The van der Waals surface area contributed by atoms with Gasteiger partial charge in [0, 0.05) is 6.54 Å². The van der Waals surface area contributed by atoms with Crippen molar-refractivity contribution in [2.75, 3.05) is 6.54 Å². The van der Waals surface area contributed by atoms with Crippen molar-refractivity contribution in [2.24, 2.45) is 4.99 Å². The molecule has 0 bridgehead atoms. The molecule has 2 aromatic carbocycles. The zero-order valence-corrected chi connectivity index (χ0v) is 17.4. The van der Waals surface area contributed by atoms with Gasteiger partial charge in [-0.2, -0.15) is 13.2 Å². The van der Waals surface area contributed by atoms with Crippen LogP contribution in [0, 0.1) is 0 Å². The van der Waals surface area contributed by atoms with Crippen molar-refractivity contribution in [1.29, 1.82) is 0 Å². The Kier molecular flexibility index (Phi) is 8.87. The van der Waals surface area contributed by atoms with Gasteiger partial charge in [-0.1, -0.05) is 24.3 Å². The number of phenolic OH excluding ortho intramolecular Hbond substituents is 1. The van der Waals surface area contributed by atoms with Crippen LogP contribution in [0.2, 0.25) is 0 Å². The second-order valence-corrected chi connectivity index (χ2v) is 5.85. The molecular formula is C19H23F3IN3O. The summed E-state index contributed by atoms with van der Waals surface area (Å²) in [5.41, 5.74) is 0.761. The molecule has 0 aliphatic heterocycles. The van der Waals surface area contributed by atoms with E-state index in [2.05, 4.69) is 15.6 Å². The first kappa shape index (κ1) is 23.1. The number of alkyl halides is 3. The number of aliphatic imine (C=N–C) groups is 1. The molecule has 0 radical (unpaired) electrons. The highest BCUT2D eigenvalue weighted by Gasteiger charge is 2.30. The molecule has 1 unspecified atom stereocenters. The lowest BCUT2D eigenvalue weighted by Gasteiger charge is -2.19. The number of guanidine groups is 1. The monoisotopic (exact) mass is 493 g/mol. The Bertz CT molecular complexity index is 749. The lowest BCUT2D eigenvalue weighted by atomic mass is 10.1. The van der Waals surface area contributed by atoms with Gasteiger partial charge < -0.3 is 15.7 Å². The van der Waals surface area contributed by atoms with E-state index in [1.165, 1.54) is 6.07 Å². The average Bonchev–Trinajstić information content (AvgIpc) is 2.60.